The average molecular weight is 269 g/mol. The topological polar surface area (TPSA) is 32.3 Å². The van der Waals surface area contributed by atoms with Gasteiger partial charge in [0, 0.05) is 37.2 Å². The predicted octanol–water partition coefficient (Wildman–Crippen LogP) is 1.03. The Kier molecular flexibility index (Phi) is 5.60. The lowest BCUT2D eigenvalue weighted by molar-refractivity contribution is -0.130. The predicted molar refractivity (Wildman–Crippen MR) is 70.0 cm³/mol. The Balaban J connectivity index is 0.00000112. The lowest BCUT2D eigenvalue weighted by Gasteiger charge is -2.33. The molecule has 3 nitrogen and oxygen atoms in total. The molecule has 0 spiro atoms. The van der Waals surface area contributed by atoms with Crippen LogP contribution in [0.4, 0.5) is 0 Å². The van der Waals surface area contributed by atoms with Gasteiger partial charge in [-0.05, 0) is 6.92 Å². The van der Waals surface area contributed by atoms with Gasteiger partial charge in [-0.15, -0.1) is 35.9 Å². The van der Waals surface area contributed by atoms with E-state index in [9.17, 15) is 4.79 Å². The standard InChI is InChI=1S/C9H16N2OS2.ClH/c1-7-6-11(3-2-10-7)8(12)9-13-4-5-14-9;/h7,9-10H,2-6H2,1H3;1H/t7-;/m0./s1. The third-order valence-corrected chi connectivity index (χ3v) is 5.47. The number of amides is 1. The monoisotopic (exact) mass is 268 g/mol. The van der Waals surface area contributed by atoms with E-state index in [0.29, 0.717) is 11.9 Å². The summed E-state index contributed by atoms with van der Waals surface area (Å²) in [4.78, 5) is 14.0. The van der Waals surface area contributed by atoms with Crippen LogP contribution in [-0.2, 0) is 4.79 Å². The maximum absolute atomic E-state index is 12.0. The number of hydrogen-bond acceptors (Lipinski definition) is 4. The van der Waals surface area contributed by atoms with Crippen molar-refractivity contribution in [3.05, 3.63) is 0 Å². The third kappa shape index (κ3) is 3.44. The largest absolute Gasteiger partial charge is 0.338 e. The Morgan fingerprint density at radius 2 is 2.07 bits per heavy atom. The molecule has 2 saturated heterocycles. The summed E-state index contributed by atoms with van der Waals surface area (Å²) < 4.78 is 0.181. The van der Waals surface area contributed by atoms with Gasteiger partial charge in [0.25, 0.3) is 0 Å². The molecule has 0 aliphatic carbocycles. The van der Waals surface area contributed by atoms with E-state index in [1.807, 2.05) is 4.90 Å². The Morgan fingerprint density at radius 3 is 2.67 bits per heavy atom. The highest BCUT2D eigenvalue weighted by Crippen LogP contribution is 2.33. The van der Waals surface area contributed by atoms with Gasteiger partial charge >= 0.3 is 0 Å². The zero-order valence-corrected chi connectivity index (χ0v) is 11.2. The molecule has 2 aliphatic heterocycles. The molecule has 2 aliphatic rings. The number of nitrogens with one attached hydrogen (secondary N) is 1. The molecule has 6 heteroatoms. The van der Waals surface area contributed by atoms with E-state index in [1.165, 1.54) is 0 Å². The van der Waals surface area contributed by atoms with Crippen LogP contribution < -0.4 is 5.32 Å². The highest BCUT2D eigenvalue weighted by Gasteiger charge is 2.30. The van der Waals surface area contributed by atoms with Gasteiger partial charge in [-0.25, -0.2) is 0 Å². The van der Waals surface area contributed by atoms with Crippen molar-refractivity contribution in [1.29, 1.82) is 0 Å². The van der Waals surface area contributed by atoms with Crippen LogP contribution in [0.5, 0.6) is 0 Å². The molecular weight excluding hydrogens is 252 g/mol. The van der Waals surface area contributed by atoms with Crippen LogP contribution >= 0.6 is 35.9 Å². The molecular formula is C9H17ClN2OS2. The van der Waals surface area contributed by atoms with Gasteiger partial charge in [-0.1, -0.05) is 0 Å². The zero-order chi connectivity index (χ0) is 9.97. The van der Waals surface area contributed by atoms with Gasteiger partial charge in [-0.3, -0.25) is 4.79 Å². The molecule has 0 unspecified atom stereocenters. The van der Waals surface area contributed by atoms with E-state index in [1.54, 1.807) is 23.5 Å². The van der Waals surface area contributed by atoms with Gasteiger partial charge in [0.05, 0.1) is 0 Å². The summed E-state index contributed by atoms with van der Waals surface area (Å²) in [5, 5.41) is 3.35. The Morgan fingerprint density at radius 1 is 1.40 bits per heavy atom. The summed E-state index contributed by atoms with van der Waals surface area (Å²) in [6, 6.07) is 0.448. The summed E-state index contributed by atoms with van der Waals surface area (Å²) in [6.45, 7) is 4.82. The number of rotatable bonds is 1. The van der Waals surface area contributed by atoms with Gasteiger partial charge < -0.3 is 10.2 Å². The summed E-state index contributed by atoms with van der Waals surface area (Å²) in [6.07, 6.45) is 0. The van der Waals surface area contributed by atoms with E-state index in [0.717, 1.165) is 31.1 Å². The van der Waals surface area contributed by atoms with Crippen molar-refractivity contribution < 1.29 is 4.79 Å². The van der Waals surface area contributed by atoms with Crippen LogP contribution in [0.1, 0.15) is 6.92 Å². The van der Waals surface area contributed by atoms with Crippen LogP contribution in [0.15, 0.2) is 0 Å². The number of halogens is 1. The minimum absolute atomic E-state index is 0. The van der Waals surface area contributed by atoms with E-state index >= 15 is 0 Å². The zero-order valence-electron chi connectivity index (χ0n) is 8.77. The fourth-order valence-corrected chi connectivity index (χ4v) is 4.53. The molecule has 0 saturated carbocycles. The molecule has 1 atom stereocenters. The number of carbonyl (C=O) groups excluding carboxylic acids is 1. The number of nitrogens with zero attached hydrogens (tertiary/aromatic N) is 1. The van der Waals surface area contributed by atoms with Crippen molar-refractivity contribution in [3.63, 3.8) is 0 Å². The summed E-state index contributed by atoms with van der Waals surface area (Å²) in [5.41, 5.74) is 0. The Labute approximate surface area is 106 Å². The molecule has 2 heterocycles. The summed E-state index contributed by atoms with van der Waals surface area (Å²) in [5.74, 6) is 2.59. The average Bonchev–Trinajstić information content (AvgIpc) is 2.69. The number of piperazine rings is 1. The first-order valence-corrected chi connectivity index (χ1v) is 7.12. The van der Waals surface area contributed by atoms with Crippen molar-refractivity contribution in [1.82, 2.24) is 10.2 Å². The Bertz CT molecular complexity index is 224. The van der Waals surface area contributed by atoms with Crippen molar-refractivity contribution >= 4 is 41.8 Å². The molecule has 1 N–H and O–H groups in total. The smallest absolute Gasteiger partial charge is 0.245 e. The quantitative estimate of drug-likeness (QED) is 0.770. The second-order valence-corrected chi connectivity index (χ2v) is 6.44. The molecule has 2 rings (SSSR count). The fraction of sp³-hybridized carbons (Fsp3) is 0.889. The van der Waals surface area contributed by atoms with Crippen LogP contribution in [0.2, 0.25) is 0 Å². The van der Waals surface area contributed by atoms with Gasteiger partial charge in [0.2, 0.25) is 5.91 Å². The lowest BCUT2D eigenvalue weighted by Crippen LogP contribution is -2.52. The van der Waals surface area contributed by atoms with Gasteiger partial charge in [0.15, 0.2) is 0 Å². The van der Waals surface area contributed by atoms with Gasteiger partial charge in [0.1, 0.15) is 4.58 Å². The highest BCUT2D eigenvalue weighted by molar-refractivity contribution is 8.21. The minimum atomic E-state index is 0. The third-order valence-electron chi connectivity index (χ3n) is 2.50. The normalized spacial score (nSPS) is 27.5. The number of carbonyl (C=O) groups is 1. The number of hydrogen-bond donors (Lipinski definition) is 1. The minimum Gasteiger partial charge on any atom is -0.338 e. The number of thioether (sulfide) groups is 2. The van der Waals surface area contributed by atoms with E-state index in [-0.39, 0.29) is 17.0 Å². The first-order valence-electron chi connectivity index (χ1n) is 5.03. The van der Waals surface area contributed by atoms with E-state index in [2.05, 4.69) is 12.2 Å². The molecule has 88 valence electrons. The molecule has 2 fully saturated rings. The molecule has 0 aromatic heterocycles. The molecule has 1 amide bonds. The molecule has 15 heavy (non-hydrogen) atoms. The highest BCUT2D eigenvalue weighted by atomic mass is 35.5. The van der Waals surface area contributed by atoms with Crippen molar-refractivity contribution in [2.24, 2.45) is 0 Å². The molecule has 0 aromatic carbocycles. The first-order chi connectivity index (χ1) is 6.77. The fourth-order valence-electron chi connectivity index (χ4n) is 1.78. The second-order valence-electron chi connectivity index (χ2n) is 3.71. The van der Waals surface area contributed by atoms with E-state index < -0.39 is 0 Å². The molecule has 0 bridgehead atoms. The van der Waals surface area contributed by atoms with Gasteiger partial charge in [-0.2, -0.15) is 0 Å². The van der Waals surface area contributed by atoms with Crippen molar-refractivity contribution in [3.8, 4) is 0 Å². The summed E-state index contributed by atoms with van der Waals surface area (Å²) >= 11 is 3.59. The molecule has 0 radical (unpaired) electrons. The summed E-state index contributed by atoms with van der Waals surface area (Å²) in [7, 11) is 0. The second kappa shape index (κ2) is 6.23. The first kappa shape index (κ1) is 13.5. The molecule has 0 aromatic rings. The van der Waals surface area contributed by atoms with E-state index in [4.69, 9.17) is 0 Å². The Hall–Kier alpha value is 0.420. The lowest BCUT2D eigenvalue weighted by atomic mass is 10.2. The maximum atomic E-state index is 12.0. The SMILES string of the molecule is C[C@H]1CN(C(=O)C2SCCS2)CCN1.Cl. The van der Waals surface area contributed by atoms with Crippen LogP contribution in [-0.4, -0.2) is 52.6 Å². The van der Waals surface area contributed by atoms with Crippen LogP contribution in [0, 0.1) is 0 Å². The van der Waals surface area contributed by atoms with Crippen LogP contribution in [0.3, 0.4) is 0 Å². The van der Waals surface area contributed by atoms with Crippen molar-refractivity contribution in [2.45, 2.75) is 17.5 Å². The van der Waals surface area contributed by atoms with Crippen LogP contribution in [0.25, 0.3) is 0 Å². The van der Waals surface area contributed by atoms with Crippen molar-refractivity contribution in [2.75, 3.05) is 31.1 Å². The maximum Gasteiger partial charge on any atom is 0.245 e.